The molecule has 0 saturated carbocycles. The van der Waals surface area contributed by atoms with Crippen LogP contribution in [0.1, 0.15) is 6.92 Å². The first-order valence-corrected chi connectivity index (χ1v) is 3.93. The number of hydrogen-bond acceptors (Lipinski definition) is 4. The van der Waals surface area contributed by atoms with Gasteiger partial charge < -0.3 is 19.7 Å². The lowest BCUT2D eigenvalue weighted by Gasteiger charge is -2.08. The molecule has 0 aromatic rings. The zero-order valence-electron chi connectivity index (χ0n) is 7.98. The van der Waals surface area contributed by atoms with Crippen molar-refractivity contribution in [1.82, 2.24) is 0 Å². The van der Waals surface area contributed by atoms with Gasteiger partial charge >= 0.3 is 0 Å². The van der Waals surface area contributed by atoms with Crippen molar-refractivity contribution in [1.29, 1.82) is 0 Å². The van der Waals surface area contributed by atoms with Crippen molar-refractivity contribution < 1.29 is 19.7 Å². The molecular weight excluding hydrogens is 172 g/mol. The molecule has 0 amide bonds. The van der Waals surface area contributed by atoms with E-state index < -0.39 is 0 Å². The Morgan fingerprint density at radius 2 is 1.77 bits per heavy atom. The van der Waals surface area contributed by atoms with E-state index in [4.69, 9.17) is 19.7 Å². The van der Waals surface area contributed by atoms with Gasteiger partial charge in [0.15, 0.2) is 0 Å². The SMILES string of the molecule is C=COCC(C)OC=C.OCCO. The largest absolute Gasteiger partial charge is 0.498 e. The maximum Gasteiger partial charge on any atom is 0.129 e. The van der Waals surface area contributed by atoms with Crippen LogP contribution in [0.25, 0.3) is 0 Å². The second-order valence-corrected chi connectivity index (χ2v) is 2.06. The van der Waals surface area contributed by atoms with Gasteiger partial charge in [-0.15, -0.1) is 0 Å². The van der Waals surface area contributed by atoms with Crippen molar-refractivity contribution in [3.8, 4) is 0 Å². The number of aliphatic hydroxyl groups is 2. The fraction of sp³-hybridized carbons (Fsp3) is 0.556. The van der Waals surface area contributed by atoms with Crippen LogP contribution in [0.15, 0.2) is 25.7 Å². The Kier molecular flexibility index (Phi) is 15.2. The van der Waals surface area contributed by atoms with E-state index in [1.807, 2.05) is 6.92 Å². The number of ether oxygens (including phenoxy) is 2. The predicted octanol–water partition coefficient (Wildman–Crippen LogP) is 0.666. The molecule has 4 heteroatoms. The Balaban J connectivity index is 0. The van der Waals surface area contributed by atoms with E-state index in [0.29, 0.717) is 6.61 Å². The highest BCUT2D eigenvalue weighted by atomic mass is 16.5. The van der Waals surface area contributed by atoms with Crippen molar-refractivity contribution in [3.63, 3.8) is 0 Å². The average molecular weight is 190 g/mol. The van der Waals surface area contributed by atoms with Crippen LogP contribution >= 0.6 is 0 Å². The highest BCUT2D eigenvalue weighted by molar-refractivity contribution is 4.58. The minimum atomic E-state index is -0.125. The number of aliphatic hydroxyl groups excluding tert-OH is 2. The highest BCUT2D eigenvalue weighted by Gasteiger charge is 1.96. The fourth-order valence-electron chi connectivity index (χ4n) is 0.407. The van der Waals surface area contributed by atoms with Gasteiger partial charge in [0.1, 0.15) is 12.7 Å². The highest BCUT2D eigenvalue weighted by Crippen LogP contribution is 1.90. The van der Waals surface area contributed by atoms with E-state index >= 15 is 0 Å². The summed E-state index contributed by atoms with van der Waals surface area (Å²) in [7, 11) is 0. The normalized spacial score (nSPS) is 10.4. The lowest BCUT2D eigenvalue weighted by Crippen LogP contribution is -2.10. The van der Waals surface area contributed by atoms with Crippen LogP contribution in [0.2, 0.25) is 0 Å². The zero-order chi connectivity index (χ0) is 10.5. The fourth-order valence-corrected chi connectivity index (χ4v) is 0.407. The Morgan fingerprint density at radius 3 is 2.08 bits per heavy atom. The van der Waals surface area contributed by atoms with Crippen LogP contribution in [0.5, 0.6) is 0 Å². The summed E-state index contributed by atoms with van der Waals surface area (Å²) in [4.78, 5) is 0. The second kappa shape index (κ2) is 13.6. The summed E-state index contributed by atoms with van der Waals surface area (Å²) in [6.07, 6.45) is 2.85. The first kappa shape index (κ1) is 14.5. The van der Waals surface area contributed by atoms with Gasteiger partial charge in [0.05, 0.1) is 25.7 Å². The number of rotatable bonds is 6. The molecule has 0 aromatic carbocycles. The van der Waals surface area contributed by atoms with E-state index in [1.54, 1.807) is 0 Å². The topological polar surface area (TPSA) is 58.9 Å². The smallest absolute Gasteiger partial charge is 0.129 e. The third-order valence-corrected chi connectivity index (χ3v) is 0.877. The van der Waals surface area contributed by atoms with Gasteiger partial charge in [-0.05, 0) is 6.92 Å². The first-order valence-electron chi connectivity index (χ1n) is 3.93. The summed E-state index contributed by atoms with van der Waals surface area (Å²) >= 11 is 0. The van der Waals surface area contributed by atoms with Crippen LogP contribution in [0.3, 0.4) is 0 Å². The molecule has 0 aliphatic heterocycles. The summed E-state index contributed by atoms with van der Waals surface area (Å²) in [6, 6.07) is 0. The Hall–Kier alpha value is -1.00. The van der Waals surface area contributed by atoms with Gasteiger partial charge in [-0.1, -0.05) is 13.2 Å². The molecule has 0 bridgehead atoms. The maximum absolute atomic E-state index is 7.62. The van der Waals surface area contributed by atoms with Gasteiger partial charge in [0.2, 0.25) is 0 Å². The van der Waals surface area contributed by atoms with Crippen molar-refractivity contribution in [2.75, 3.05) is 19.8 Å². The van der Waals surface area contributed by atoms with Gasteiger partial charge in [0, 0.05) is 0 Å². The van der Waals surface area contributed by atoms with E-state index in [2.05, 4.69) is 13.2 Å². The molecule has 0 aliphatic rings. The van der Waals surface area contributed by atoms with Crippen LogP contribution in [0, 0.1) is 0 Å². The van der Waals surface area contributed by atoms with Gasteiger partial charge in [-0.2, -0.15) is 0 Å². The zero-order valence-corrected chi connectivity index (χ0v) is 7.98. The molecule has 0 aliphatic carbocycles. The van der Waals surface area contributed by atoms with Gasteiger partial charge in [0.25, 0.3) is 0 Å². The molecule has 4 nitrogen and oxygen atoms in total. The van der Waals surface area contributed by atoms with Crippen molar-refractivity contribution in [3.05, 3.63) is 25.7 Å². The van der Waals surface area contributed by atoms with Gasteiger partial charge in [-0.3, -0.25) is 0 Å². The summed E-state index contributed by atoms with van der Waals surface area (Å²) in [5.41, 5.74) is 0. The minimum Gasteiger partial charge on any atom is -0.498 e. The molecule has 1 atom stereocenters. The van der Waals surface area contributed by atoms with E-state index in [9.17, 15) is 0 Å². The maximum atomic E-state index is 7.62. The third kappa shape index (κ3) is 18.2. The van der Waals surface area contributed by atoms with Crippen molar-refractivity contribution in [2.45, 2.75) is 13.0 Å². The lowest BCUT2D eigenvalue weighted by molar-refractivity contribution is 0.0823. The molecule has 1 unspecified atom stereocenters. The molecule has 0 rings (SSSR count). The van der Waals surface area contributed by atoms with Crippen LogP contribution < -0.4 is 0 Å². The molecule has 13 heavy (non-hydrogen) atoms. The Bertz CT molecular complexity index is 112. The first-order chi connectivity index (χ1) is 6.22. The molecule has 0 heterocycles. The van der Waals surface area contributed by atoms with Crippen LogP contribution in [-0.2, 0) is 9.47 Å². The number of hydrogen-bond donors (Lipinski definition) is 2. The predicted molar refractivity (Wildman–Crippen MR) is 51.1 cm³/mol. The summed E-state index contributed by atoms with van der Waals surface area (Å²) < 4.78 is 9.77. The molecule has 0 saturated heterocycles. The molecular formula is C9H18O4. The minimum absolute atomic E-state index is 0.0560. The van der Waals surface area contributed by atoms with Gasteiger partial charge in [-0.25, -0.2) is 0 Å². The summed E-state index contributed by atoms with van der Waals surface area (Å²) in [6.45, 7) is 8.96. The third-order valence-electron chi connectivity index (χ3n) is 0.877. The molecule has 0 fully saturated rings. The molecule has 0 aromatic heterocycles. The lowest BCUT2D eigenvalue weighted by atomic mass is 10.4. The van der Waals surface area contributed by atoms with Crippen LogP contribution in [-0.4, -0.2) is 36.1 Å². The average Bonchev–Trinajstić information content (AvgIpc) is 2.16. The second-order valence-electron chi connectivity index (χ2n) is 2.06. The molecule has 2 N–H and O–H groups in total. The van der Waals surface area contributed by atoms with Crippen molar-refractivity contribution in [2.24, 2.45) is 0 Å². The molecule has 78 valence electrons. The molecule has 0 radical (unpaired) electrons. The van der Waals surface area contributed by atoms with E-state index in [0.717, 1.165) is 0 Å². The molecule has 0 spiro atoms. The summed E-state index contributed by atoms with van der Waals surface area (Å²) in [5.74, 6) is 0. The quantitative estimate of drug-likeness (QED) is 0.604. The summed E-state index contributed by atoms with van der Waals surface area (Å²) in [5, 5.41) is 15.2. The standard InChI is InChI=1S/C7H12O2.C2H6O2/c1-4-8-6-7(3)9-5-2;3-1-2-4/h4-5,7H,1-2,6H2,3H3;3-4H,1-2H2. The van der Waals surface area contributed by atoms with E-state index in [1.165, 1.54) is 12.5 Å². The monoisotopic (exact) mass is 190 g/mol. The van der Waals surface area contributed by atoms with E-state index in [-0.39, 0.29) is 19.3 Å². The Labute approximate surface area is 79.1 Å². The Morgan fingerprint density at radius 1 is 1.23 bits per heavy atom. The van der Waals surface area contributed by atoms with Crippen molar-refractivity contribution >= 4 is 0 Å². The van der Waals surface area contributed by atoms with Crippen LogP contribution in [0.4, 0.5) is 0 Å².